The van der Waals surface area contributed by atoms with E-state index in [9.17, 15) is 0 Å². The van der Waals surface area contributed by atoms with Crippen LogP contribution in [0, 0.1) is 0 Å². The van der Waals surface area contributed by atoms with Crippen molar-refractivity contribution in [2.45, 2.75) is 0 Å². The average Bonchev–Trinajstić information content (AvgIpc) is 2.82. The van der Waals surface area contributed by atoms with Gasteiger partial charge in [0.25, 0.3) is 0 Å². The van der Waals surface area contributed by atoms with Gasteiger partial charge in [-0.05, 0) is 56.1 Å². The zero-order valence-corrected chi connectivity index (χ0v) is 19.0. The second kappa shape index (κ2) is 10.7. The molecule has 0 radical (unpaired) electrons. The lowest BCUT2D eigenvalue weighted by molar-refractivity contribution is 0.414. The maximum atomic E-state index is 5.38. The number of ether oxygens (including phenoxy) is 3. The van der Waals surface area contributed by atoms with E-state index in [2.05, 4.69) is 61.5 Å². The summed E-state index contributed by atoms with van der Waals surface area (Å²) in [6.45, 7) is 0.898. The molecule has 0 amide bonds. The van der Waals surface area contributed by atoms with Crippen molar-refractivity contribution >= 4 is 23.1 Å². The summed E-state index contributed by atoms with van der Waals surface area (Å²) in [5.41, 5.74) is 4.81. The predicted octanol–water partition coefficient (Wildman–Crippen LogP) is 3.51. The minimum absolute atomic E-state index is 0.0603. The first-order valence-corrected chi connectivity index (χ1v) is 10.3. The van der Waals surface area contributed by atoms with Crippen LogP contribution in [0.3, 0.4) is 0 Å². The van der Waals surface area contributed by atoms with E-state index in [4.69, 9.17) is 14.2 Å². The Hall–Kier alpha value is -3.18. The topological polar surface area (TPSA) is 30.9 Å². The molecule has 0 aliphatic rings. The summed E-state index contributed by atoms with van der Waals surface area (Å²) >= 11 is 0. The van der Waals surface area contributed by atoms with E-state index in [0.717, 1.165) is 23.8 Å². The number of rotatable bonds is 9. The Morgan fingerprint density at radius 3 is 1.42 bits per heavy atom. The highest BCUT2D eigenvalue weighted by Crippen LogP contribution is 2.23. The molecule has 3 rings (SSSR count). The van der Waals surface area contributed by atoms with Gasteiger partial charge in [0.05, 0.1) is 21.3 Å². The van der Waals surface area contributed by atoms with Crippen LogP contribution in [0.5, 0.6) is 17.2 Å². The van der Waals surface area contributed by atoms with Gasteiger partial charge in [-0.1, -0.05) is 58.9 Å². The molecule has 160 valence electrons. The van der Waals surface area contributed by atoms with E-state index in [1.807, 2.05) is 36.4 Å². The lowest BCUT2D eigenvalue weighted by atomic mass is 9.35. The number of likely N-dealkylation sites (N-methyl/N-ethyl adjacent to an activating group) is 1. The third-order valence-electron chi connectivity index (χ3n) is 5.31. The minimum Gasteiger partial charge on any atom is -0.497 e. The molecule has 0 aromatic heterocycles. The third-order valence-corrected chi connectivity index (χ3v) is 5.31. The van der Waals surface area contributed by atoms with Gasteiger partial charge in [-0.25, -0.2) is 0 Å². The van der Waals surface area contributed by atoms with Crippen LogP contribution < -0.4 is 25.1 Å². The number of hydrogen-bond acceptors (Lipinski definition) is 4. The molecule has 0 aliphatic heterocycles. The van der Waals surface area contributed by atoms with Crippen molar-refractivity contribution < 1.29 is 14.2 Å². The fourth-order valence-electron chi connectivity index (χ4n) is 3.61. The molecule has 0 unspecified atom stereocenters. The van der Waals surface area contributed by atoms with E-state index in [-0.39, 0.29) is 6.71 Å². The summed E-state index contributed by atoms with van der Waals surface area (Å²) < 4.78 is 16.1. The second-order valence-electron chi connectivity index (χ2n) is 7.63. The van der Waals surface area contributed by atoms with Gasteiger partial charge in [0, 0.05) is 6.54 Å². The summed E-state index contributed by atoms with van der Waals surface area (Å²) in [7, 11) is 9.23. The standard InChI is InChI=1S/C26H30BNO3/c1-28(2)19-18-26(20-6-12-23(29-3)13-7-20)27(21-8-14-24(30-4)15-9-21)22-10-16-25(31-5)17-11-22/h6-18H,19H2,1-5H3/b26-18-. The Labute approximate surface area is 186 Å². The fourth-order valence-corrected chi connectivity index (χ4v) is 3.61. The highest BCUT2D eigenvalue weighted by molar-refractivity contribution is 6.99. The Kier molecular flexibility index (Phi) is 7.79. The zero-order chi connectivity index (χ0) is 22.2. The largest absolute Gasteiger partial charge is 0.497 e. The van der Waals surface area contributed by atoms with Crippen LogP contribution in [0.15, 0.2) is 78.9 Å². The van der Waals surface area contributed by atoms with E-state index in [1.165, 1.54) is 22.0 Å². The molecule has 3 aromatic carbocycles. The molecule has 0 heterocycles. The molecule has 5 heteroatoms. The normalized spacial score (nSPS) is 11.4. The highest BCUT2D eigenvalue weighted by Gasteiger charge is 2.25. The van der Waals surface area contributed by atoms with Crippen molar-refractivity contribution in [3.63, 3.8) is 0 Å². The maximum absolute atomic E-state index is 5.38. The molecule has 4 nitrogen and oxygen atoms in total. The minimum atomic E-state index is 0.0603. The van der Waals surface area contributed by atoms with E-state index < -0.39 is 0 Å². The van der Waals surface area contributed by atoms with Gasteiger partial charge in [-0.2, -0.15) is 0 Å². The predicted molar refractivity (Wildman–Crippen MR) is 131 cm³/mol. The first-order valence-electron chi connectivity index (χ1n) is 10.3. The Balaban J connectivity index is 2.15. The van der Waals surface area contributed by atoms with Crippen LogP contribution in [0.4, 0.5) is 0 Å². The quantitative estimate of drug-likeness (QED) is 0.501. The van der Waals surface area contributed by atoms with Crippen LogP contribution in [-0.2, 0) is 0 Å². The number of methoxy groups -OCH3 is 3. The van der Waals surface area contributed by atoms with Crippen LogP contribution in [0.1, 0.15) is 5.56 Å². The van der Waals surface area contributed by atoms with Crippen LogP contribution in [0.2, 0.25) is 0 Å². The molecule has 0 atom stereocenters. The summed E-state index contributed by atoms with van der Waals surface area (Å²) in [5.74, 6) is 2.54. The summed E-state index contributed by atoms with van der Waals surface area (Å²) in [4.78, 5) is 2.17. The summed E-state index contributed by atoms with van der Waals surface area (Å²) in [6.07, 6.45) is 2.31. The van der Waals surface area contributed by atoms with Gasteiger partial charge in [-0.15, -0.1) is 0 Å². The fraction of sp³-hybridized carbons (Fsp3) is 0.231. The van der Waals surface area contributed by atoms with Gasteiger partial charge in [0.15, 0.2) is 0 Å². The Morgan fingerprint density at radius 1 is 0.677 bits per heavy atom. The molecule has 0 aliphatic carbocycles. The van der Waals surface area contributed by atoms with E-state index >= 15 is 0 Å². The van der Waals surface area contributed by atoms with Crippen LogP contribution in [0.25, 0.3) is 5.47 Å². The van der Waals surface area contributed by atoms with Crippen molar-refractivity contribution in [1.82, 2.24) is 4.90 Å². The average molecular weight is 415 g/mol. The van der Waals surface area contributed by atoms with E-state index in [1.54, 1.807) is 21.3 Å². The van der Waals surface area contributed by atoms with Crippen molar-refractivity contribution in [3.05, 3.63) is 84.4 Å². The third kappa shape index (κ3) is 5.71. The van der Waals surface area contributed by atoms with Crippen molar-refractivity contribution in [2.24, 2.45) is 0 Å². The summed E-state index contributed by atoms with van der Waals surface area (Å²) in [5, 5.41) is 0. The molecule has 3 aromatic rings. The SMILES string of the molecule is COc1ccc(B(/C(=C\CN(C)C)c2ccc(OC)cc2)c2ccc(OC)cc2)cc1. The molecular weight excluding hydrogens is 385 g/mol. The van der Waals surface area contributed by atoms with Gasteiger partial charge in [0.2, 0.25) is 6.71 Å². The van der Waals surface area contributed by atoms with Crippen molar-refractivity contribution in [3.8, 4) is 17.2 Å². The lowest BCUT2D eigenvalue weighted by Crippen LogP contribution is -2.43. The summed E-state index contributed by atoms with van der Waals surface area (Å²) in [6, 6.07) is 24.9. The number of nitrogens with zero attached hydrogens (tertiary/aromatic N) is 1. The molecule has 0 saturated heterocycles. The van der Waals surface area contributed by atoms with Crippen LogP contribution in [-0.4, -0.2) is 53.6 Å². The molecule has 0 saturated carbocycles. The van der Waals surface area contributed by atoms with Crippen molar-refractivity contribution in [1.29, 1.82) is 0 Å². The van der Waals surface area contributed by atoms with Crippen LogP contribution >= 0.6 is 0 Å². The maximum Gasteiger partial charge on any atom is 0.241 e. The Morgan fingerprint density at radius 2 is 1.06 bits per heavy atom. The second-order valence-corrected chi connectivity index (χ2v) is 7.63. The van der Waals surface area contributed by atoms with Gasteiger partial charge in [0.1, 0.15) is 17.2 Å². The molecule has 0 N–H and O–H groups in total. The van der Waals surface area contributed by atoms with Gasteiger partial charge < -0.3 is 19.1 Å². The molecular formula is C26H30BNO3. The molecule has 0 bridgehead atoms. The van der Waals surface area contributed by atoms with E-state index in [0.29, 0.717) is 0 Å². The molecule has 31 heavy (non-hydrogen) atoms. The number of benzene rings is 3. The first kappa shape index (κ1) is 22.5. The number of hydrogen-bond donors (Lipinski definition) is 0. The first-order chi connectivity index (χ1) is 15.0. The molecule has 0 fully saturated rings. The van der Waals surface area contributed by atoms with Crippen molar-refractivity contribution in [2.75, 3.05) is 42.0 Å². The molecule has 0 spiro atoms. The van der Waals surface area contributed by atoms with Gasteiger partial charge in [-0.3, -0.25) is 0 Å². The zero-order valence-electron chi connectivity index (χ0n) is 19.0. The smallest absolute Gasteiger partial charge is 0.241 e. The lowest BCUT2D eigenvalue weighted by Gasteiger charge is -2.21. The van der Waals surface area contributed by atoms with Gasteiger partial charge >= 0.3 is 0 Å². The Bertz CT molecular complexity index is 933. The highest BCUT2D eigenvalue weighted by atomic mass is 16.5. The monoisotopic (exact) mass is 415 g/mol.